The summed E-state index contributed by atoms with van der Waals surface area (Å²) in [5.74, 6) is 1.66. The minimum Gasteiger partial charge on any atom is -0.375 e. The van der Waals surface area contributed by atoms with E-state index in [2.05, 4.69) is 70.6 Å². The van der Waals surface area contributed by atoms with E-state index in [0.29, 0.717) is 6.61 Å². The second-order valence-corrected chi connectivity index (χ2v) is 8.03. The lowest BCUT2D eigenvalue weighted by atomic mass is 9.96. The number of nitrogens with zero attached hydrogens (tertiary/aromatic N) is 4. The van der Waals surface area contributed by atoms with E-state index < -0.39 is 0 Å². The van der Waals surface area contributed by atoms with Gasteiger partial charge in [-0.2, -0.15) is 5.10 Å². The second-order valence-electron chi connectivity index (χ2n) is 8.03. The van der Waals surface area contributed by atoms with Crippen molar-refractivity contribution in [3.05, 3.63) is 42.1 Å². The first kappa shape index (κ1) is 18.8. The van der Waals surface area contributed by atoms with Crippen LogP contribution in [0.15, 0.2) is 41.1 Å². The van der Waals surface area contributed by atoms with Crippen molar-refractivity contribution in [2.75, 3.05) is 30.4 Å². The van der Waals surface area contributed by atoms with E-state index in [-0.39, 0.29) is 12.1 Å². The van der Waals surface area contributed by atoms with Crippen LogP contribution in [0.25, 0.3) is 32.9 Å². The Bertz CT molecular complexity index is 1240. The summed E-state index contributed by atoms with van der Waals surface area (Å²) in [7, 11) is 1.85. The van der Waals surface area contributed by atoms with Gasteiger partial charge in [0.25, 0.3) is 0 Å². The first-order valence-electron chi connectivity index (χ1n) is 10.3. The molecule has 154 valence electrons. The zero-order chi connectivity index (χ0) is 20.8. The Labute approximate surface area is 175 Å². The molecule has 0 amide bonds. The molecule has 5 rings (SSSR count). The summed E-state index contributed by atoms with van der Waals surface area (Å²) in [6, 6.07) is 10.8. The maximum absolute atomic E-state index is 5.78. The molecular formula is C23H25N5O2. The number of benzene rings is 2. The summed E-state index contributed by atoms with van der Waals surface area (Å²) in [5, 5.41) is 19.2. The topological polar surface area (TPSA) is 76.3 Å². The molecule has 1 saturated heterocycles. The van der Waals surface area contributed by atoms with Crippen LogP contribution >= 0.6 is 0 Å². The Balaban J connectivity index is 1.65. The molecule has 2 aromatic carbocycles. The van der Waals surface area contributed by atoms with Gasteiger partial charge in [0.05, 0.1) is 30.3 Å². The molecule has 0 bridgehead atoms. The summed E-state index contributed by atoms with van der Waals surface area (Å²) in [4.78, 5) is 2.30. The van der Waals surface area contributed by atoms with Crippen LogP contribution in [0.5, 0.6) is 0 Å². The first-order chi connectivity index (χ1) is 14.6. The molecule has 1 N–H and O–H groups in total. The zero-order valence-corrected chi connectivity index (χ0v) is 17.6. The van der Waals surface area contributed by atoms with Crippen LogP contribution in [0.3, 0.4) is 0 Å². The average Bonchev–Trinajstić information content (AvgIpc) is 3.17. The lowest BCUT2D eigenvalue weighted by Crippen LogP contribution is -2.48. The van der Waals surface area contributed by atoms with E-state index in [1.54, 1.807) is 0 Å². The van der Waals surface area contributed by atoms with Crippen LogP contribution in [-0.2, 0) is 4.74 Å². The Morgan fingerprint density at radius 3 is 2.80 bits per heavy atom. The summed E-state index contributed by atoms with van der Waals surface area (Å²) >= 11 is 0. The Morgan fingerprint density at radius 1 is 1.13 bits per heavy atom. The Kier molecular flexibility index (Phi) is 4.55. The summed E-state index contributed by atoms with van der Waals surface area (Å²) < 4.78 is 11.5. The van der Waals surface area contributed by atoms with E-state index >= 15 is 0 Å². The monoisotopic (exact) mass is 403 g/mol. The predicted molar refractivity (Wildman–Crippen MR) is 119 cm³/mol. The number of anilines is 2. The number of hydrogen-bond acceptors (Lipinski definition) is 7. The molecule has 2 aromatic heterocycles. The van der Waals surface area contributed by atoms with Gasteiger partial charge < -0.3 is 19.5 Å². The van der Waals surface area contributed by atoms with Gasteiger partial charge in [0.2, 0.25) is 0 Å². The smallest absolute Gasteiger partial charge is 0.177 e. The number of nitrogens with one attached hydrogen (secondary N) is 1. The van der Waals surface area contributed by atoms with Gasteiger partial charge in [-0.05, 0) is 50.1 Å². The van der Waals surface area contributed by atoms with Crippen molar-refractivity contribution in [3.63, 3.8) is 0 Å². The van der Waals surface area contributed by atoms with Crippen LogP contribution in [0.4, 0.5) is 11.6 Å². The standard InChI is InChI=1S/C23H25N5O2/c1-13-5-7-19-21(30-27-22(19)24-4)20(13)16-6-8-18-17(9-16)10-25-26-23(18)28-11-15(3)29-12-14(28)2/h5-10,14-15H,11-12H2,1-4H3,(H,24,27)/t14-,15-/m1/s1. The number of ether oxygens (including phenoxy) is 1. The number of fused-ring (bicyclic) bond motifs is 2. The molecule has 7 nitrogen and oxygen atoms in total. The van der Waals surface area contributed by atoms with E-state index in [9.17, 15) is 0 Å². The van der Waals surface area contributed by atoms with E-state index in [4.69, 9.17) is 9.26 Å². The quantitative estimate of drug-likeness (QED) is 0.543. The fraction of sp³-hybridized carbons (Fsp3) is 0.348. The predicted octanol–water partition coefficient (Wildman–Crippen LogP) is 4.40. The fourth-order valence-corrected chi connectivity index (χ4v) is 4.28. The van der Waals surface area contributed by atoms with Gasteiger partial charge in [0, 0.05) is 29.9 Å². The SMILES string of the molecule is CNc1noc2c(-c3ccc4c(N5C[C@@H](C)OC[C@H]5C)nncc4c3)c(C)ccc12. The highest BCUT2D eigenvalue weighted by atomic mass is 16.5. The minimum atomic E-state index is 0.172. The van der Waals surface area contributed by atoms with E-state index in [1.807, 2.05) is 19.3 Å². The van der Waals surface area contributed by atoms with Crippen LogP contribution in [0.2, 0.25) is 0 Å². The fourth-order valence-electron chi connectivity index (χ4n) is 4.28. The highest BCUT2D eigenvalue weighted by Crippen LogP contribution is 2.37. The summed E-state index contributed by atoms with van der Waals surface area (Å²) in [6.07, 6.45) is 2.00. The third kappa shape index (κ3) is 2.97. The average molecular weight is 403 g/mol. The lowest BCUT2D eigenvalue weighted by molar-refractivity contribution is 0.0341. The molecule has 0 unspecified atom stereocenters. The van der Waals surface area contributed by atoms with Crippen LogP contribution < -0.4 is 10.2 Å². The van der Waals surface area contributed by atoms with Crippen molar-refractivity contribution in [3.8, 4) is 11.1 Å². The van der Waals surface area contributed by atoms with Gasteiger partial charge in [0.1, 0.15) is 0 Å². The molecule has 0 spiro atoms. The van der Waals surface area contributed by atoms with Gasteiger partial charge >= 0.3 is 0 Å². The molecule has 4 aromatic rings. The van der Waals surface area contributed by atoms with Gasteiger partial charge in [-0.25, -0.2) is 0 Å². The number of hydrogen-bond donors (Lipinski definition) is 1. The number of aromatic nitrogens is 3. The van der Waals surface area contributed by atoms with Crippen LogP contribution in [-0.4, -0.2) is 47.7 Å². The van der Waals surface area contributed by atoms with Crippen molar-refractivity contribution >= 4 is 33.4 Å². The Morgan fingerprint density at radius 2 is 1.97 bits per heavy atom. The molecule has 2 atom stereocenters. The van der Waals surface area contributed by atoms with Crippen LogP contribution in [0.1, 0.15) is 19.4 Å². The van der Waals surface area contributed by atoms with E-state index in [0.717, 1.165) is 56.6 Å². The van der Waals surface area contributed by atoms with Crippen molar-refractivity contribution < 1.29 is 9.26 Å². The highest BCUT2D eigenvalue weighted by Gasteiger charge is 2.26. The van der Waals surface area contributed by atoms with Crippen LogP contribution in [0, 0.1) is 6.92 Å². The largest absolute Gasteiger partial charge is 0.375 e. The normalized spacial score (nSPS) is 19.5. The zero-order valence-electron chi connectivity index (χ0n) is 17.6. The highest BCUT2D eigenvalue weighted by molar-refractivity contribution is 6.02. The summed E-state index contributed by atoms with van der Waals surface area (Å²) in [6.45, 7) is 7.84. The molecule has 0 aliphatic carbocycles. The number of rotatable bonds is 3. The van der Waals surface area contributed by atoms with Crippen molar-refractivity contribution in [2.24, 2.45) is 0 Å². The van der Waals surface area contributed by atoms with Gasteiger partial charge in [0.15, 0.2) is 17.2 Å². The Hall–Kier alpha value is -3.19. The van der Waals surface area contributed by atoms with E-state index in [1.165, 1.54) is 0 Å². The molecule has 7 heteroatoms. The molecule has 1 aliphatic heterocycles. The summed E-state index contributed by atoms with van der Waals surface area (Å²) in [5.41, 5.74) is 4.05. The lowest BCUT2D eigenvalue weighted by Gasteiger charge is -2.37. The number of morpholine rings is 1. The van der Waals surface area contributed by atoms with Crippen molar-refractivity contribution in [2.45, 2.75) is 32.9 Å². The second kappa shape index (κ2) is 7.25. The maximum Gasteiger partial charge on any atom is 0.177 e. The minimum absolute atomic E-state index is 0.172. The maximum atomic E-state index is 5.78. The molecule has 0 saturated carbocycles. The first-order valence-corrected chi connectivity index (χ1v) is 10.3. The molecule has 0 radical (unpaired) electrons. The third-order valence-electron chi connectivity index (χ3n) is 5.90. The molecule has 1 aliphatic rings. The molecular weight excluding hydrogens is 378 g/mol. The van der Waals surface area contributed by atoms with Crippen molar-refractivity contribution in [1.29, 1.82) is 0 Å². The molecule has 3 heterocycles. The van der Waals surface area contributed by atoms with Gasteiger partial charge in [-0.3, -0.25) is 0 Å². The molecule has 30 heavy (non-hydrogen) atoms. The third-order valence-corrected chi connectivity index (χ3v) is 5.90. The van der Waals surface area contributed by atoms with Gasteiger partial charge in [-0.1, -0.05) is 17.3 Å². The van der Waals surface area contributed by atoms with Gasteiger partial charge in [-0.15, -0.1) is 5.10 Å². The number of aryl methyl sites for hydroxylation is 1. The molecule has 1 fully saturated rings. The van der Waals surface area contributed by atoms with Crippen molar-refractivity contribution in [1.82, 2.24) is 15.4 Å².